The average Bonchev–Trinajstić information content (AvgIpc) is 2.15. The van der Waals surface area contributed by atoms with Gasteiger partial charge in [-0.2, -0.15) is 13.2 Å². The molecular formula is C8H12F3NO2. The van der Waals surface area contributed by atoms with Crippen LogP contribution < -0.4 is 5.32 Å². The first kappa shape index (κ1) is 11.3. The van der Waals surface area contributed by atoms with Crippen LogP contribution in [0, 0.1) is 11.8 Å². The maximum atomic E-state index is 12.5. The van der Waals surface area contributed by atoms with E-state index in [4.69, 9.17) is 0 Å². The number of halogens is 3. The summed E-state index contributed by atoms with van der Waals surface area (Å²) in [4.78, 5) is 11.1. The summed E-state index contributed by atoms with van der Waals surface area (Å²) in [6.45, 7) is 0.328. The summed E-state index contributed by atoms with van der Waals surface area (Å²) in [5, 5.41) is 2.75. The molecule has 6 heteroatoms. The highest BCUT2D eigenvalue weighted by Crippen LogP contribution is 2.36. The van der Waals surface area contributed by atoms with Crippen LogP contribution in [-0.4, -0.2) is 32.3 Å². The highest BCUT2D eigenvalue weighted by atomic mass is 19.4. The first-order valence-electron chi connectivity index (χ1n) is 4.32. The molecule has 1 fully saturated rings. The highest BCUT2D eigenvalue weighted by Gasteiger charge is 2.48. The Bertz CT molecular complexity index is 217. The smallest absolute Gasteiger partial charge is 0.392 e. The lowest BCUT2D eigenvalue weighted by molar-refractivity contribution is -0.202. The van der Waals surface area contributed by atoms with E-state index < -0.39 is 24.0 Å². The van der Waals surface area contributed by atoms with Gasteiger partial charge in [0.1, 0.15) is 0 Å². The van der Waals surface area contributed by atoms with Gasteiger partial charge in [0.2, 0.25) is 0 Å². The number of piperidine rings is 1. The molecule has 0 spiro atoms. The van der Waals surface area contributed by atoms with Crippen LogP contribution in [0.3, 0.4) is 0 Å². The molecule has 0 aromatic carbocycles. The van der Waals surface area contributed by atoms with E-state index in [-0.39, 0.29) is 19.5 Å². The quantitative estimate of drug-likeness (QED) is 0.656. The molecule has 2 atom stereocenters. The van der Waals surface area contributed by atoms with Crippen molar-refractivity contribution in [3.63, 3.8) is 0 Å². The standard InChI is InChI=1S/C8H12F3NO2/c1-14-7(13)5-4-12-3-2-6(5)8(9,10)11/h5-6,12H,2-4H2,1H3/t5-,6-/m1/s1. The van der Waals surface area contributed by atoms with Crippen LogP contribution in [0.15, 0.2) is 0 Å². The van der Waals surface area contributed by atoms with E-state index in [0.717, 1.165) is 7.11 Å². The van der Waals surface area contributed by atoms with Crippen molar-refractivity contribution in [1.29, 1.82) is 0 Å². The predicted octanol–water partition coefficient (Wildman–Crippen LogP) is 0.947. The van der Waals surface area contributed by atoms with E-state index in [9.17, 15) is 18.0 Å². The Balaban J connectivity index is 2.74. The molecule has 1 aliphatic heterocycles. The molecule has 1 saturated heterocycles. The number of carbonyl (C=O) groups is 1. The van der Waals surface area contributed by atoms with Crippen molar-refractivity contribution in [2.45, 2.75) is 12.6 Å². The first-order chi connectivity index (χ1) is 6.46. The molecule has 0 bridgehead atoms. The monoisotopic (exact) mass is 211 g/mol. The second kappa shape index (κ2) is 4.16. The molecule has 14 heavy (non-hydrogen) atoms. The minimum Gasteiger partial charge on any atom is -0.469 e. The lowest BCUT2D eigenvalue weighted by Gasteiger charge is -2.31. The van der Waals surface area contributed by atoms with E-state index in [2.05, 4.69) is 10.1 Å². The van der Waals surface area contributed by atoms with Crippen molar-refractivity contribution >= 4 is 5.97 Å². The highest BCUT2D eigenvalue weighted by molar-refractivity contribution is 5.73. The fourth-order valence-corrected chi connectivity index (χ4v) is 1.65. The number of carbonyl (C=O) groups excluding carboxylic acids is 1. The fraction of sp³-hybridized carbons (Fsp3) is 0.875. The molecule has 0 amide bonds. The number of alkyl halides is 3. The van der Waals surface area contributed by atoms with Gasteiger partial charge >= 0.3 is 12.1 Å². The van der Waals surface area contributed by atoms with Crippen LogP contribution >= 0.6 is 0 Å². The van der Waals surface area contributed by atoms with Crippen LogP contribution in [0.2, 0.25) is 0 Å². The molecule has 1 rings (SSSR count). The summed E-state index contributed by atoms with van der Waals surface area (Å²) in [5.41, 5.74) is 0. The van der Waals surface area contributed by atoms with Gasteiger partial charge in [-0.25, -0.2) is 0 Å². The predicted molar refractivity (Wildman–Crippen MR) is 42.5 cm³/mol. The van der Waals surface area contributed by atoms with Crippen LogP contribution in [0.4, 0.5) is 13.2 Å². The zero-order chi connectivity index (χ0) is 10.8. The Morgan fingerprint density at radius 3 is 2.64 bits per heavy atom. The third-order valence-corrected chi connectivity index (χ3v) is 2.41. The van der Waals surface area contributed by atoms with Gasteiger partial charge < -0.3 is 10.1 Å². The van der Waals surface area contributed by atoms with Gasteiger partial charge in [0.25, 0.3) is 0 Å². The fourth-order valence-electron chi connectivity index (χ4n) is 1.65. The Hall–Kier alpha value is -0.780. The van der Waals surface area contributed by atoms with Crippen LogP contribution in [0.5, 0.6) is 0 Å². The first-order valence-corrected chi connectivity index (χ1v) is 4.32. The van der Waals surface area contributed by atoms with Gasteiger partial charge in [0.05, 0.1) is 18.9 Å². The Morgan fingerprint density at radius 1 is 1.50 bits per heavy atom. The van der Waals surface area contributed by atoms with Gasteiger partial charge in [0, 0.05) is 6.54 Å². The topological polar surface area (TPSA) is 38.3 Å². The second-order valence-corrected chi connectivity index (χ2v) is 3.27. The number of methoxy groups -OCH3 is 1. The normalized spacial score (nSPS) is 28.6. The Labute approximate surface area is 79.6 Å². The number of nitrogens with one attached hydrogen (secondary N) is 1. The van der Waals surface area contributed by atoms with E-state index >= 15 is 0 Å². The molecule has 0 saturated carbocycles. The molecule has 82 valence electrons. The van der Waals surface area contributed by atoms with E-state index in [0.29, 0.717) is 0 Å². The lowest BCUT2D eigenvalue weighted by atomic mass is 9.86. The third kappa shape index (κ3) is 2.37. The maximum Gasteiger partial charge on any atom is 0.392 e. The molecule has 0 unspecified atom stereocenters. The van der Waals surface area contributed by atoms with Gasteiger partial charge in [-0.15, -0.1) is 0 Å². The third-order valence-electron chi connectivity index (χ3n) is 2.41. The summed E-state index contributed by atoms with van der Waals surface area (Å²) in [6, 6.07) is 0. The summed E-state index contributed by atoms with van der Waals surface area (Å²) in [7, 11) is 1.10. The number of hydrogen-bond acceptors (Lipinski definition) is 3. The number of ether oxygens (including phenoxy) is 1. The summed E-state index contributed by atoms with van der Waals surface area (Å²) < 4.78 is 41.7. The van der Waals surface area contributed by atoms with Crippen molar-refractivity contribution in [1.82, 2.24) is 5.32 Å². The number of rotatable bonds is 1. The molecule has 0 aromatic heterocycles. The van der Waals surface area contributed by atoms with Crippen molar-refractivity contribution < 1.29 is 22.7 Å². The molecule has 1 heterocycles. The van der Waals surface area contributed by atoms with E-state index in [1.54, 1.807) is 0 Å². The zero-order valence-electron chi connectivity index (χ0n) is 7.73. The van der Waals surface area contributed by atoms with Crippen molar-refractivity contribution in [2.24, 2.45) is 11.8 Å². The lowest BCUT2D eigenvalue weighted by Crippen LogP contribution is -2.47. The van der Waals surface area contributed by atoms with E-state index in [1.165, 1.54) is 0 Å². The van der Waals surface area contributed by atoms with Gasteiger partial charge in [-0.1, -0.05) is 0 Å². The minimum absolute atomic E-state index is 0.0385. The summed E-state index contributed by atoms with van der Waals surface area (Å²) in [6.07, 6.45) is -4.38. The van der Waals surface area contributed by atoms with Gasteiger partial charge in [0.15, 0.2) is 0 Å². The molecule has 0 aromatic rings. The van der Waals surface area contributed by atoms with Crippen LogP contribution in [0.1, 0.15) is 6.42 Å². The summed E-state index contributed by atoms with van der Waals surface area (Å²) in [5.74, 6) is -3.47. The maximum absolute atomic E-state index is 12.5. The Kier molecular flexibility index (Phi) is 3.36. The van der Waals surface area contributed by atoms with Crippen LogP contribution in [0.25, 0.3) is 0 Å². The Morgan fingerprint density at radius 2 is 2.14 bits per heavy atom. The minimum atomic E-state index is -4.32. The van der Waals surface area contributed by atoms with E-state index in [1.807, 2.05) is 0 Å². The molecule has 1 N–H and O–H groups in total. The van der Waals surface area contributed by atoms with Crippen molar-refractivity contribution in [2.75, 3.05) is 20.2 Å². The van der Waals surface area contributed by atoms with Gasteiger partial charge in [-0.05, 0) is 13.0 Å². The SMILES string of the molecule is COC(=O)[C@@H]1CNCC[C@H]1C(F)(F)F. The second-order valence-electron chi connectivity index (χ2n) is 3.27. The van der Waals surface area contributed by atoms with Crippen LogP contribution in [-0.2, 0) is 9.53 Å². The molecule has 0 radical (unpaired) electrons. The molecule has 0 aliphatic carbocycles. The van der Waals surface area contributed by atoms with Crippen molar-refractivity contribution in [3.05, 3.63) is 0 Å². The van der Waals surface area contributed by atoms with Gasteiger partial charge in [-0.3, -0.25) is 4.79 Å². The number of esters is 1. The zero-order valence-corrected chi connectivity index (χ0v) is 7.73. The van der Waals surface area contributed by atoms with Crippen molar-refractivity contribution in [3.8, 4) is 0 Å². The largest absolute Gasteiger partial charge is 0.469 e. The molecule has 1 aliphatic rings. The number of hydrogen-bond donors (Lipinski definition) is 1. The molecular weight excluding hydrogens is 199 g/mol. The average molecular weight is 211 g/mol. The molecule has 3 nitrogen and oxygen atoms in total. The summed E-state index contributed by atoms with van der Waals surface area (Å²) >= 11 is 0.